The molecule has 0 aromatic heterocycles. The van der Waals surface area contributed by atoms with Gasteiger partial charge in [-0.05, 0) is 13.8 Å². The van der Waals surface area contributed by atoms with Gasteiger partial charge in [-0.2, -0.15) is 0 Å². The summed E-state index contributed by atoms with van der Waals surface area (Å²) >= 11 is 6.63. The van der Waals surface area contributed by atoms with Crippen molar-refractivity contribution in [3.8, 4) is 0 Å². The van der Waals surface area contributed by atoms with E-state index in [1.807, 2.05) is 12.1 Å². The fourth-order valence-electron chi connectivity index (χ4n) is 2.00. The first-order chi connectivity index (χ1) is 7.48. The number of quaternary nitrogens is 1. The number of hydrogen-bond donors (Lipinski definition) is 0. The van der Waals surface area contributed by atoms with E-state index < -0.39 is 0 Å². The van der Waals surface area contributed by atoms with E-state index in [1.54, 1.807) is 0 Å². The number of hydrogen-bond acceptors (Lipinski definition) is 0. The summed E-state index contributed by atoms with van der Waals surface area (Å²) < 4.78 is 0.447. The quantitative estimate of drug-likeness (QED) is 0.535. The van der Waals surface area contributed by atoms with Crippen LogP contribution in [0.3, 0.4) is 0 Å². The highest BCUT2D eigenvalue weighted by Gasteiger charge is 2.43. The zero-order chi connectivity index (χ0) is 12.2. The van der Waals surface area contributed by atoms with Crippen LogP contribution < -0.4 is 0 Å². The largest absolute Gasteiger partial charge is 0.216 e. The second-order valence-electron chi connectivity index (χ2n) is 4.52. The van der Waals surface area contributed by atoms with Crippen LogP contribution in [-0.4, -0.2) is 17.6 Å². The fourth-order valence-corrected chi connectivity index (χ4v) is 2.17. The van der Waals surface area contributed by atoms with Crippen molar-refractivity contribution in [3.63, 3.8) is 0 Å². The van der Waals surface area contributed by atoms with E-state index in [2.05, 4.69) is 51.7 Å². The lowest BCUT2D eigenvalue weighted by Gasteiger charge is -2.42. The molecule has 0 amide bonds. The molecule has 88 valence electrons. The van der Waals surface area contributed by atoms with E-state index in [0.29, 0.717) is 4.00 Å². The molecule has 0 fully saturated rings. The highest BCUT2D eigenvalue weighted by atomic mass is 35.5. The third kappa shape index (κ3) is 2.31. The SMILES string of the molecule is C=CCC(C)(c1ccccc1)[N+](C)(Cl)CC. The van der Waals surface area contributed by atoms with Crippen molar-refractivity contribution >= 4 is 11.8 Å². The van der Waals surface area contributed by atoms with Crippen LogP contribution in [0.15, 0.2) is 43.0 Å². The van der Waals surface area contributed by atoms with Crippen LogP contribution in [-0.2, 0) is 5.54 Å². The smallest absolute Gasteiger partial charge is 0.165 e. The second-order valence-corrected chi connectivity index (χ2v) is 5.27. The Morgan fingerprint density at radius 3 is 2.38 bits per heavy atom. The summed E-state index contributed by atoms with van der Waals surface area (Å²) in [6.45, 7) is 9.03. The van der Waals surface area contributed by atoms with Gasteiger partial charge in [0.1, 0.15) is 5.54 Å². The standard InChI is InChI=1S/C14H21ClN/c1-5-12-14(3,16(4,15)6-2)13-10-8-7-9-11-13/h5,7-11H,1,6,12H2,2-4H3/q+1. The van der Waals surface area contributed by atoms with Gasteiger partial charge in [0.15, 0.2) is 11.8 Å². The molecule has 0 saturated carbocycles. The molecule has 1 nitrogen and oxygen atoms in total. The summed E-state index contributed by atoms with van der Waals surface area (Å²) in [7, 11) is 2.05. The molecule has 2 atom stereocenters. The minimum atomic E-state index is -0.126. The minimum absolute atomic E-state index is 0.126. The lowest BCUT2D eigenvalue weighted by molar-refractivity contribution is -0.856. The van der Waals surface area contributed by atoms with Crippen LogP contribution in [0.5, 0.6) is 0 Å². The number of nitrogens with zero attached hydrogens (tertiary/aromatic N) is 1. The maximum absolute atomic E-state index is 6.63. The third-order valence-electron chi connectivity index (χ3n) is 3.56. The van der Waals surface area contributed by atoms with E-state index in [9.17, 15) is 0 Å². The molecule has 0 radical (unpaired) electrons. The van der Waals surface area contributed by atoms with Gasteiger partial charge in [-0.15, -0.1) is 6.58 Å². The van der Waals surface area contributed by atoms with Crippen LogP contribution in [0, 0.1) is 0 Å². The Labute approximate surface area is 104 Å². The van der Waals surface area contributed by atoms with Crippen molar-refractivity contribution in [2.24, 2.45) is 0 Å². The van der Waals surface area contributed by atoms with Gasteiger partial charge in [0.2, 0.25) is 0 Å². The summed E-state index contributed by atoms with van der Waals surface area (Å²) in [5.74, 6) is 0. The summed E-state index contributed by atoms with van der Waals surface area (Å²) in [4.78, 5) is 0. The zero-order valence-electron chi connectivity index (χ0n) is 10.4. The van der Waals surface area contributed by atoms with Gasteiger partial charge in [-0.25, -0.2) is 4.00 Å². The van der Waals surface area contributed by atoms with Gasteiger partial charge >= 0.3 is 0 Å². The van der Waals surface area contributed by atoms with Crippen LogP contribution in [0.1, 0.15) is 25.8 Å². The molecule has 0 aliphatic rings. The topological polar surface area (TPSA) is 0 Å². The lowest BCUT2D eigenvalue weighted by Crippen LogP contribution is -2.51. The molecular formula is C14H21ClN+. The van der Waals surface area contributed by atoms with Crippen molar-refractivity contribution in [2.75, 3.05) is 13.6 Å². The van der Waals surface area contributed by atoms with Gasteiger partial charge in [-0.1, -0.05) is 36.4 Å². The Hall–Kier alpha value is -0.790. The molecule has 0 N–H and O–H groups in total. The maximum atomic E-state index is 6.63. The fraction of sp³-hybridized carbons (Fsp3) is 0.429. The molecule has 2 heteroatoms. The molecule has 0 spiro atoms. The van der Waals surface area contributed by atoms with Gasteiger partial charge < -0.3 is 0 Å². The average molecular weight is 239 g/mol. The van der Waals surface area contributed by atoms with Crippen LogP contribution in [0.25, 0.3) is 0 Å². The molecule has 1 aromatic rings. The van der Waals surface area contributed by atoms with E-state index in [4.69, 9.17) is 11.8 Å². The van der Waals surface area contributed by atoms with E-state index >= 15 is 0 Å². The van der Waals surface area contributed by atoms with Crippen molar-refractivity contribution in [1.82, 2.24) is 0 Å². The van der Waals surface area contributed by atoms with Crippen molar-refractivity contribution in [1.29, 1.82) is 0 Å². The Morgan fingerprint density at radius 2 is 1.94 bits per heavy atom. The third-order valence-corrected chi connectivity index (χ3v) is 4.17. The molecule has 0 bridgehead atoms. The van der Waals surface area contributed by atoms with E-state index in [-0.39, 0.29) is 5.54 Å². The second kappa shape index (κ2) is 5.03. The van der Waals surface area contributed by atoms with Gasteiger partial charge in [0.05, 0.1) is 13.6 Å². The Morgan fingerprint density at radius 1 is 1.38 bits per heavy atom. The summed E-state index contributed by atoms with van der Waals surface area (Å²) in [6, 6.07) is 10.4. The summed E-state index contributed by atoms with van der Waals surface area (Å²) in [5, 5.41) is 0. The van der Waals surface area contributed by atoms with Crippen LogP contribution in [0.4, 0.5) is 0 Å². The summed E-state index contributed by atoms with van der Waals surface area (Å²) in [6.07, 6.45) is 2.81. The van der Waals surface area contributed by atoms with Gasteiger partial charge in [0.25, 0.3) is 0 Å². The summed E-state index contributed by atoms with van der Waals surface area (Å²) in [5.41, 5.74) is 1.13. The first-order valence-corrected chi connectivity index (χ1v) is 6.03. The van der Waals surface area contributed by atoms with Crippen molar-refractivity contribution in [2.45, 2.75) is 25.8 Å². The van der Waals surface area contributed by atoms with E-state index in [1.165, 1.54) is 5.56 Å². The minimum Gasteiger partial charge on any atom is -0.216 e. The van der Waals surface area contributed by atoms with Gasteiger partial charge in [-0.3, -0.25) is 0 Å². The maximum Gasteiger partial charge on any atom is 0.165 e. The predicted octanol–water partition coefficient (Wildman–Crippen LogP) is 4.10. The number of benzene rings is 1. The number of rotatable bonds is 5. The Bertz CT molecular complexity index is 345. The molecule has 0 heterocycles. The van der Waals surface area contributed by atoms with Crippen molar-refractivity contribution in [3.05, 3.63) is 48.6 Å². The molecule has 1 aromatic carbocycles. The average Bonchev–Trinajstić information content (AvgIpc) is 2.30. The molecule has 16 heavy (non-hydrogen) atoms. The Kier molecular flexibility index (Phi) is 4.17. The van der Waals surface area contributed by atoms with Crippen molar-refractivity contribution < 1.29 is 4.00 Å². The molecule has 0 saturated heterocycles. The Balaban J connectivity index is 3.21. The molecular weight excluding hydrogens is 218 g/mol. The zero-order valence-corrected chi connectivity index (χ0v) is 11.2. The monoisotopic (exact) mass is 238 g/mol. The predicted molar refractivity (Wildman–Crippen MR) is 71.2 cm³/mol. The van der Waals surface area contributed by atoms with Gasteiger partial charge in [0, 0.05) is 12.0 Å². The first-order valence-electron chi connectivity index (χ1n) is 5.69. The van der Waals surface area contributed by atoms with Crippen LogP contribution in [0.2, 0.25) is 0 Å². The molecule has 0 aliphatic carbocycles. The molecule has 0 aliphatic heterocycles. The highest BCUT2D eigenvalue weighted by Crippen LogP contribution is 2.39. The molecule has 1 rings (SSSR count). The van der Waals surface area contributed by atoms with Crippen LogP contribution >= 0.6 is 11.8 Å². The van der Waals surface area contributed by atoms with E-state index in [0.717, 1.165) is 13.0 Å². The lowest BCUT2D eigenvalue weighted by atomic mass is 9.87. The highest BCUT2D eigenvalue weighted by molar-refractivity contribution is 6.06. The first kappa shape index (κ1) is 13.3. The number of halogens is 1. The normalized spacial score (nSPS) is 18.5. The molecule has 2 unspecified atom stereocenters.